The zero-order valence-electron chi connectivity index (χ0n) is 15.9. The lowest BCUT2D eigenvalue weighted by atomic mass is 9.69. The molecule has 2 aliphatic rings. The molecule has 2 rings (SSSR count). The molecule has 2 aliphatic heterocycles. The fourth-order valence-electron chi connectivity index (χ4n) is 2.59. The van der Waals surface area contributed by atoms with Gasteiger partial charge in [0.05, 0.1) is 11.2 Å². The van der Waals surface area contributed by atoms with Crippen LogP contribution in [0.1, 0.15) is 55.4 Å². The molecule has 0 aromatic carbocycles. The van der Waals surface area contributed by atoms with Crippen molar-refractivity contribution in [3.05, 3.63) is 11.5 Å². The normalized spacial score (nSPS) is 26.4. The highest BCUT2D eigenvalue weighted by atomic mass is 16.7. The topological polar surface area (TPSA) is 65.1 Å². The van der Waals surface area contributed by atoms with Crippen molar-refractivity contribution in [3.63, 3.8) is 0 Å². The molecule has 0 spiro atoms. The number of ether oxygens (including phenoxy) is 1. The lowest BCUT2D eigenvalue weighted by Crippen LogP contribution is -2.47. The van der Waals surface area contributed by atoms with E-state index in [2.05, 4.69) is 0 Å². The molecule has 1 atom stereocenters. The predicted octanol–water partition coefficient (Wildman–Crippen LogP) is 2.96. The molecule has 0 aliphatic carbocycles. The van der Waals surface area contributed by atoms with E-state index in [0.29, 0.717) is 0 Å². The van der Waals surface area contributed by atoms with Gasteiger partial charge in [0.2, 0.25) is 0 Å². The van der Waals surface area contributed by atoms with Gasteiger partial charge in [0.1, 0.15) is 5.60 Å². The Balaban J connectivity index is 2.17. The molecular weight excluding hydrogens is 309 g/mol. The van der Waals surface area contributed by atoms with E-state index in [4.69, 9.17) is 14.0 Å². The van der Waals surface area contributed by atoms with E-state index in [1.54, 1.807) is 20.8 Å². The number of hydrogen-bond donors (Lipinski definition) is 0. The summed E-state index contributed by atoms with van der Waals surface area (Å²) in [4.78, 5) is 25.7. The molecule has 2 heterocycles. The number of rotatable bonds is 1. The summed E-state index contributed by atoms with van der Waals surface area (Å²) < 4.78 is 17.3. The van der Waals surface area contributed by atoms with Crippen molar-refractivity contribution in [2.75, 3.05) is 6.54 Å². The standard InChI is InChI=1S/C17H28BNO5/c1-11-10-19(14(21)22-15(2,3)4)13(20)9-12(11)18-23-16(5,6)17(7,8)24-18/h9,11H,10H2,1-8H3/t11-/m1/s1. The van der Waals surface area contributed by atoms with Crippen LogP contribution >= 0.6 is 0 Å². The number of carbonyl (C=O) groups excluding carboxylic acids is 2. The minimum absolute atomic E-state index is 0.0649. The fraction of sp³-hybridized carbons (Fsp3) is 0.765. The summed E-state index contributed by atoms with van der Waals surface area (Å²) in [5, 5.41) is 0. The second-order valence-corrected chi connectivity index (χ2v) is 8.56. The van der Waals surface area contributed by atoms with Crippen molar-refractivity contribution in [1.29, 1.82) is 0 Å². The summed E-state index contributed by atoms with van der Waals surface area (Å²) in [5.74, 6) is -0.461. The van der Waals surface area contributed by atoms with Gasteiger partial charge in [-0.1, -0.05) is 6.92 Å². The van der Waals surface area contributed by atoms with Crippen molar-refractivity contribution in [3.8, 4) is 0 Å². The highest BCUT2D eigenvalue weighted by Crippen LogP contribution is 2.40. The first kappa shape index (κ1) is 19.0. The van der Waals surface area contributed by atoms with Crippen LogP contribution in [0.3, 0.4) is 0 Å². The molecule has 0 unspecified atom stereocenters. The summed E-state index contributed by atoms with van der Waals surface area (Å²) in [7, 11) is -0.574. The third kappa shape index (κ3) is 3.67. The summed E-state index contributed by atoms with van der Waals surface area (Å²) in [5.41, 5.74) is -0.817. The third-order valence-corrected chi connectivity index (χ3v) is 4.72. The van der Waals surface area contributed by atoms with E-state index in [0.717, 1.165) is 10.4 Å². The van der Waals surface area contributed by atoms with Crippen LogP contribution in [0.15, 0.2) is 11.5 Å². The predicted molar refractivity (Wildman–Crippen MR) is 91.3 cm³/mol. The lowest BCUT2D eigenvalue weighted by molar-refractivity contribution is -0.126. The smallest absolute Gasteiger partial charge is 0.443 e. The molecule has 0 bridgehead atoms. The van der Waals surface area contributed by atoms with Crippen molar-refractivity contribution < 1.29 is 23.6 Å². The Morgan fingerprint density at radius 2 is 1.75 bits per heavy atom. The molecule has 7 heteroatoms. The molecule has 1 fully saturated rings. The van der Waals surface area contributed by atoms with E-state index in [-0.39, 0.29) is 12.5 Å². The molecule has 0 radical (unpaired) electrons. The van der Waals surface area contributed by atoms with E-state index >= 15 is 0 Å². The van der Waals surface area contributed by atoms with Gasteiger partial charge in [0.15, 0.2) is 0 Å². The fourth-order valence-corrected chi connectivity index (χ4v) is 2.59. The Morgan fingerprint density at radius 1 is 1.25 bits per heavy atom. The van der Waals surface area contributed by atoms with Crippen LogP contribution in [0.25, 0.3) is 0 Å². The molecule has 24 heavy (non-hydrogen) atoms. The van der Waals surface area contributed by atoms with Crippen LogP contribution in [-0.4, -0.2) is 47.4 Å². The van der Waals surface area contributed by atoms with E-state index in [9.17, 15) is 9.59 Å². The monoisotopic (exact) mass is 337 g/mol. The zero-order chi connectivity index (χ0) is 18.5. The molecule has 0 aromatic rings. The number of imide groups is 1. The molecule has 0 aromatic heterocycles. The number of nitrogens with zero attached hydrogens (tertiary/aromatic N) is 1. The van der Waals surface area contributed by atoms with Crippen molar-refractivity contribution in [2.45, 2.75) is 72.2 Å². The first-order valence-electron chi connectivity index (χ1n) is 8.35. The van der Waals surface area contributed by atoms with Crippen molar-refractivity contribution in [2.24, 2.45) is 5.92 Å². The second-order valence-electron chi connectivity index (χ2n) is 8.56. The van der Waals surface area contributed by atoms with Gasteiger partial charge in [-0.05, 0) is 65.9 Å². The molecule has 6 nitrogen and oxygen atoms in total. The Bertz CT molecular complexity index is 560. The molecule has 2 amide bonds. The Hall–Kier alpha value is -1.34. The van der Waals surface area contributed by atoms with Crippen molar-refractivity contribution >= 4 is 19.1 Å². The van der Waals surface area contributed by atoms with Gasteiger partial charge in [-0.3, -0.25) is 4.79 Å². The average Bonchev–Trinajstić information content (AvgIpc) is 2.58. The Kier molecular flexibility index (Phi) is 4.65. The largest absolute Gasteiger partial charge is 0.491 e. The maximum Gasteiger partial charge on any atom is 0.491 e. The van der Waals surface area contributed by atoms with Crippen LogP contribution in [0, 0.1) is 5.92 Å². The highest BCUT2D eigenvalue weighted by Gasteiger charge is 2.54. The van der Waals surface area contributed by atoms with Gasteiger partial charge in [-0.25, -0.2) is 9.69 Å². The summed E-state index contributed by atoms with van der Waals surface area (Å²) >= 11 is 0. The number of hydrogen-bond acceptors (Lipinski definition) is 5. The molecule has 0 saturated carbocycles. The Morgan fingerprint density at radius 3 is 2.21 bits per heavy atom. The van der Waals surface area contributed by atoms with Gasteiger partial charge in [0, 0.05) is 6.54 Å². The van der Waals surface area contributed by atoms with Crippen LogP contribution in [0.5, 0.6) is 0 Å². The quantitative estimate of drug-likeness (QED) is 0.688. The summed E-state index contributed by atoms with van der Waals surface area (Å²) in [6.45, 7) is 15.4. The maximum atomic E-state index is 12.4. The van der Waals surface area contributed by atoms with E-state index < -0.39 is 35.9 Å². The highest BCUT2D eigenvalue weighted by molar-refractivity contribution is 6.55. The maximum absolute atomic E-state index is 12.4. The zero-order valence-corrected chi connectivity index (χ0v) is 15.9. The number of amides is 2. The number of carbonyl (C=O) groups is 2. The third-order valence-electron chi connectivity index (χ3n) is 4.72. The van der Waals surface area contributed by atoms with Gasteiger partial charge in [0.25, 0.3) is 5.91 Å². The molecular formula is C17H28BNO5. The molecule has 1 saturated heterocycles. The van der Waals surface area contributed by atoms with Crippen molar-refractivity contribution in [1.82, 2.24) is 4.90 Å². The van der Waals surface area contributed by atoms with Gasteiger partial charge in [-0.2, -0.15) is 0 Å². The minimum atomic E-state index is -0.643. The Labute approximate surface area is 144 Å². The minimum Gasteiger partial charge on any atom is -0.443 e. The van der Waals surface area contributed by atoms with Crippen LogP contribution in [0.4, 0.5) is 4.79 Å². The first-order valence-corrected chi connectivity index (χ1v) is 8.35. The second kappa shape index (κ2) is 5.88. The SMILES string of the molecule is C[C@@H]1CN(C(=O)OC(C)(C)C)C(=O)C=C1B1OC(C)(C)C(C)(C)O1. The lowest BCUT2D eigenvalue weighted by Gasteiger charge is -2.32. The first-order chi connectivity index (χ1) is 10.7. The van der Waals surface area contributed by atoms with E-state index in [1.165, 1.54) is 6.08 Å². The molecule has 0 N–H and O–H groups in total. The molecule has 134 valence electrons. The summed E-state index contributed by atoms with van der Waals surface area (Å²) in [6.07, 6.45) is 0.823. The van der Waals surface area contributed by atoms with Gasteiger partial charge in [-0.15, -0.1) is 0 Å². The van der Waals surface area contributed by atoms with Crippen LogP contribution in [0.2, 0.25) is 0 Å². The van der Waals surface area contributed by atoms with Gasteiger partial charge >= 0.3 is 13.2 Å². The van der Waals surface area contributed by atoms with Crippen LogP contribution in [-0.2, 0) is 18.8 Å². The van der Waals surface area contributed by atoms with Crippen LogP contribution < -0.4 is 0 Å². The van der Waals surface area contributed by atoms with Gasteiger partial charge < -0.3 is 14.0 Å². The average molecular weight is 337 g/mol. The van der Waals surface area contributed by atoms with E-state index in [1.807, 2.05) is 34.6 Å². The summed E-state index contributed by atoms with van der Waals surface area (Å²) in [6, 6.07) is 0.